The summed E-state index contributed by atoms with van der Waals surface area (Å²) in [4.78, 5) is 6.24. The van der Waals surface area contributed by atoms with Crippen molar-refractivity contribution in [2.75, 3.05) is 24.2 Å². The number of anilines is 1. The first kappa shape index (κ1) is 11.3. The van der Waals surface area contributed by atoms with Gasteiger partial charge in [0.05, 0.1) is 12.4 Å². The Morgan fingerprint density at radius 1 is 1.50 bits per heavy atom. The van der Waals surface area contributed by atoms with Gasteiger partial charge in [-0.25, -0.2) is 4.98 Å². The van der Waals surface area contributed by atoms with Gasteiger partial charge in [0, 0.05) is 19.3 Å². The minimum Gasteiger partial charge on any atom is -0.354 e. The molecule has 1 aromatic heterocycles. The van der Waals surface area contributed by atoms with Crippen molar-refractivity contribution in [1.82, 2.24) is 4.98 Å². The minimum atomic E-state index is -3.36. The van der Waals surface area contributed by atoms with Gasteiger partial charge in [0.1, 0.15) is 5.82 Å². The topological polar surface area (TPSA) is 59.5 Å². The zero-order chi connectivity index (χ0) is 11.6. The lowest BCUT2D eigenvalue weighted by atomic mass is 10.3. The maximum absolute atomic E-state index is 11.0. The monoisotopic (exact) mass is 242 g/mol. The van der Waals surface area contributed by atoms with Gasteiger partial charge in [-0.05, 0) is 18.6 Å². The highest BCUT2D eigenvalue weighted by Gasteiger charge is 2.26. The number of nitrogens with zero attached hydrogens (tertiary/aromatic N) is 2. The number of hydrogen-bond donors (Lipinski definition) is 0. The molecule has 0 aliphatic carbocycles. The summed E-state index contributed by atoms with van der Waals surface area (Å²) >= 11 is 0. The van der Waals surface area contributed by atoms with Crippen LogP contribution in [0.25, 0.3) is 0 Å². The normalized spacial score (nSPS) is 21.3. The molecule has 1 unspecified atom stereocenters. The SMILES string of the molecule is CS(=O)(=O)OC1CCN(c2ccccn2)C1. The van der Waals surface area contributed by atoms with E-state index in [0.29, 0.717) is 13.0 Å². The highest BCUT2D eigenvalue weighted by Crippen LogP contribution is 2.20. The molecule has 6 heteroatoms. The lowest BCUT2D eigenvalue weighted by Crippen LogP contribution is -2.24. The van der Waals surface area contributed by atoms with Crippen LogP contribution < -0.4 is 4.90 Å². The Kier molecular flexibility index (Phi) is 3.11. The molecule has 0 amide bonds. The van der Waals surface area contributed by atoms with Gasteiger partial charge in [0.25, 0.3) is 10.1 Å². The third-order valence-electron chi connectivity index (χ3n) is 2.43. The van der Waals surface area contributed by atoms with Crippen molar-refractivity contribution in [3.05, 3.63) is 24.4 Å². The zero-order valence-corrected chi connectivity index (χ0v) is 9.85. The van der Waals surface area contributed by atoms with Gasteiger partial charge >= 0.3 is 0 Å². The second-order valence-electron chi connectivity index (χ2n) is 3.84. The number of rotatable bonds is 3. The van der Waals surface area contributed by atoms with Crippen molar-refractivity contribution in [3.8, 4) is 0 Å². The molecule has 0 radical (unpaired) electrons. The standard InChI is InChI=1S/C10H14N2O3S/c1-16(13,14)15-9-5-7-12(8-9)10-4-2-3-6-11-10/h2-4,6,9H,5,7-8H2,1H3. The molecule has 0 aromatic carbocycles. The Balaban J connectivity index is 1.99. The van der Waals surface area contributed by atoms with Crippen molar-refractivity contribution >= 4 is 15.9 Å². The van der Waals surface area contributed by atoms with E-state index in [9.17, 15) is 8.42 Å². The highest BCUT2D eigenvalue weighted by atomic mass is 32.2. The summed E-state index contributed by atoms with van der Waals surface area (Å²) in [5, 5.41) is 0. The molecule has 0 bridgehead atoms. The summed E-state index contributed by atoms with van der Waals surface area (Å²) in [6.45, 7) is 1.35. The van der Waals surface area contributed by atoms with E-state index in [2.05, 4.69) is 4.98 Å². The first-order valence-electron chi connectivity index (χ1n) is 5.09. The van der Waals surface area contributed by atoms with Crippen LogP contribution in [-0.4, -0.2) is 38.9 Å². The molecule has 1 aromatic rings. The van der Waals surface area contributed by atoms with Crippen molar-refractivity contribution < 1.29 is 12.6 Å². The fourth-order valence-electron chi connectivity index (χ4n) is 1.80. The predicted molar refractivity (Wildman–Crippen MR) is 60.8 cm³/mol. The quantitative estimate of drug-likeness (QED) is 0.728. The van der Waals surface area contributed by atoms with Crippen LogP contribution in [0.15, 0.2) is 24.4 Å². The van der Waals surface area contributed by atoms with Crippen LogP contribution in [-0.2, 0) is 14.3 Å². The van der Waals surface area contributed by atoms with Gasteiger partial charge in [-0.15, -0.1) is 0 Å². The molecule has 88 valence electrons. The molecule has 2 heterocycles. The molecule has 1 aliphatic heterocycles. The largest absolute Gasteiger partial charge is 0.354 e. The van der Waals surface area contributed by atoms with Crippen LogP contribution in [0.1, 0.15) is 6.42 Å². The molecular weight excluding hydrogens is 228 g/mol. The summed E-state index contributed by atoms with van der Waals surface area (Å²) in [7, 11) is -3.36. The van der Waals surface area contributed by atoms with E-state index in [1.807, 2.05) is 23.1 Å². The summed E-state index contributed by atoms with van der Waals surface area (Å²) in [6.07, 6.45) is 3.26. The molecular formula is C10H14N2O3S. The lowest BCUT2D eigenvalue weighted by Gasteiger charge is -2.16. The molecule has 1 atom stereocenters. The molecule has 1 saturated heterocycles. The Labute approximate surface area is 95.2 Å². The van der Waals surface area contributed by atoms with E-state index < -0.39 is 10.1 Å². The van der Waals surface area contributed by atoms with Gasteiger partial charge in [0.2, 0.25) is 0 Å². The maximum atomic E-state index is 11.0. The second kappa shape index (κ2) is 4.39. The maximum Gasteiger partial charge on any atom is 0.264 e. The average molecular weight is 242 g/mol. The summed E-state index contributed by atoms with van der Waals surface area (Å²) in [5.74, 6) is 0.863. The number of pyridine rings is 1. The summed E-state index contributed by atoms with van der Waals surface area (Å²) in [5.41, 5.74) is 0. The number of hydrogen-bond acceptors (Lipinski definition) is 5. The van der Waals surface area contributed by atoms with Crippen LogP contribution >= 0.6 is 0 Å². The van der Waals surface area contributed by atoms with Gasteiger partial charge in [0.15, 0.2) is 0 Å². The second-order valence-corrected chi connectivity index (χ2v) is 5.45. The van der Waals surface area contributed by atoms with Crippen molar-refractivity contribution in [2.45, 2.75) is 12.5 Å². The third-order valence-corrected chi connectivity index (χ3v) is 3.05. The first-order chi connectivity index (χ1) is 7.54. The van der Waals surface area contributed by atoms with Crippen molar-refractivity contribution in [2.24, 2.45) is 0 Å². The van der Waals surface area contributed by atoms with Crippen molar-refractivity contribution in [3.63, 3.8) is 0 Å². The van der Waals surface area contributed by atoms with Crippen molar-refractivity contribution in [1.29, 1.82) is 0 Å². The molecule has 0 saturated carbocycles. The smallest absolute Gasteiger partial charge is 0.264 e. The Morgan fingerprint density at radius 3 is 2.94 bits per heavy atom. The molecule has 0 N–H and O–H groups in total. The third kappa shape index (κ3) is 2.93. The molecule has 2 rings (SSSR count). The summed E-state index contributed by atoms with van der Waals surface area (Å²) in [6, 6.07) is 5.67. The van der Waals surface area contributed by atoms with Crippen LogP contribution in [0.3, 0.4) is 0 Å². The van der Waals surface area contributed by atoms with Crippen LogP contribution in [0.5, 0.6) is 0 Å². The molecule has 16 heavy (non-hydrogen) atoms. The predicted octanol–water partition coefficient (Wildman–Crippen LogP) is 0.637. The van der Waals surface area contributed by atoms with Crippen LogP contribution in [0.4, 0.5) is 5.82 Å². The van der Waals surface area contributed by atoms with Crippen LogP contribution in [0.2, 0.25) is 0 Å². The average Bonchev–Trinajstić information content (AvgIpc) is 2.65. The van der Waals surface area contributed by atoms with Gasteiger partial charge in [-0.2, -0.15) is 8.42 Å². The van der Waals surface area contributed by atoms with Gasteiger partial charge in [-0.1, -0.05) is 6.07 Å². The summed E-state index contributed by atoms with van der Waals surface area (Å²) < 4.78 is 26.9. The molecule has 1 aliphatic rings. The fraction of sp³-hybridized carbons (Fsp3) is 0.500. The number of aromatic nitrogens is 1. The molecule has 5 nitrogen and oxygen atoms in total. The lowest BCUT2D eigenvalue weighted by molar-refractivity contribution is 0.234. The van der Waals surface area contributed by atoms with Crippen LogP contribution in [0, 0.1) is 0 Å². The van der Waals surface area contributed by atoms with Gasteiger partial charge < -0.3 is 4.90 Å². The van der Waals surface area contributed by atoms with Gasteiger partial charge in [-0.3, -0.25) is 4.18 Å². The Hall–Kier alpha value is -1.14. The Bertz CT molecular complexity index is 446. The minimum absolute atomic E-state index is 0.253. The fourth-order valence-corrected chi connectivity index (χ4v) is 2.45. The van der Waals surface area contributed by atoms with E-state index in [1.54, 1.807) is 6.20 Å². The van der Waals surface area contributed by atoms with E-state index in [1.165, 1.54) is 0 Å². The zero-order valence-electron chi connectivity index (χ0n) is 9.04. The highest BCUT2D eigenvalue weighted by molar-refractivity contribution is 7.86. The molecule has 1 fully saturated rings. The Morgan fingerprint density at radius 2 is 2.31 bits per heavy atom. The first-order valence-corrected chi connectivity index (χ1v) is 6.90. The van der Waals surface area contributed by atoms with E-state index in [-0.39, 0.29) is 6.10 Å². The van der Waals surface area contributed by atoms with E-state index in [4.69, 9.17) is 4.18 Å². The van der Waals surface area contributed by atoms with E-state index >= 15 is 0 Å². The molecule has 0 spiro atoms. The van der Waals surface area contributed by atoms with E-state index in [0.717, 1.165) is 18.6 Å².